The molecule has 18 heavy (non-hydrogen) atoms. The van der Waals surface area contributed by atoms with Crippen molar-refractivity contribution < 1.29 is 14.3 Å². The summed E-state index contributed by atoms with van der Waals surface area (Å²) in [7, 11) is 1.34. The first-order valence-electron chi connectivity index (χ1n) is 6.50. The Kier molecular flexibility index (Phi) is 5.14. The van der Waals surface area contributed by atoms with Crippen LogP contribution in [0.5, 0.6) is 0 Å². The minimum absolute atomic E-state index is 0.0153. The SMILES string of the molecule is COC(=O)[C@@H](NC(=O)C1(C)CCCNC1)C(C)C. The van der Waals surface area contributed by atoms with E-state index < -0.39 is 11.5 Å². The first-order chi connectivity index (χ1) is 8.40. The number of hydrogen-bond donors (Lipinski definition) is 2. The highest BCUT2D eigenvalue weighted by molar-refractivity contribution is 5.88. The Hall–Kier alpha value is -1.10. The van der Waals surface area contributed by atoms with Crippen LogP contribution >= 0.6 is 0 Å². The van der Waals surface area contributed by atoms with E-state index in [-0.39, 0.29) is 17.8 Å². The van der Waals surface area contributed by atoms with Gasteiger partial charge in [0.2, 0.25) is 5.91 Å². The highest BCUT2D eigenvalue weighted by atomic mass is 16.5. The summed E-state index contributed by atoms with van der Waals surface area (Å²) in [6.07, 6.45) is 1.83. The molecule has 0 aromatic rings. The average Bonchev–Trinajstić information content (AvgIpc) is 2.35. The van der Waals surface area contributed by atoms with Crippen LogP contribution in [0, 0.1) is 11.3 Å². The van der Waals surface area contributed by atoms with Crippen LogP contribution in [0.1, 0.15) is 33.6 Å². The third-order valence-corrected chi connectivity index (χ3v) is 3.55. The van der Waals surface area contributed by atoms with E-state index >= 15 is 0 Å². The fourth-order valence-electron chi connectivity index (χ4n) is 2.19. The zero-order valence-electron chi connectivity index (χ0n) is 11.7. The lowest BCUT2D eigenvalue weighted by atomic mass is 9.81. The van der Waals surface area contributed by atoms with Crippen LogP contribution in [0.4, 0.5) is 0 Å². The molecule has 0 spiro atoms. The summed E-state index contributed by atoms with van der Waals surface area (Å²) in [6, 6.07) is -0.568. The number of carbonyl (C=O) groups is 2. The molecule has 1 amide bonds. The molecule has 0 saturated carbocycles. The van der Waals surface area contributed by atoms with Crippen LogP contribution in [-0.2, 0) is 14.3 Å². The van der Waals surface area contributed by atoms with Gasteiger partial charge < -0.3 is 15.4 Å². The molecule has 1 aliphatic heterocycles. The molecule has 1 fully saturated rings. The summed E-state index contributed by atoms with van der Waals surface area (Å²) in [5.41, 5.74) is -0.431. The van der Waals surface area contributed by atoms with E-state index in [2.05, 4.69) is 10.6 Å². The van der Waals surface area contributed by atoms with Crippen molar-refractivity contribution in [3.63, 3.8) is 0 Å². The maximum absolute atomic E-state index is 12.3. The zero-order valence-corrected chi connectivity index (χ0v) is 11.7. The molecule has 1 unspecified atom stereocenters. The molecule has 1 saturated heterocycles. The van der Waals surface area contributed by atoms with Crippen molar-refractivity contribution in [3.05, 3.63) is 0 Å². The zero-order chi connectivity index (χ0) is 13.8. The number of amides is 1. The lowest BCUT2D eigenvalue weighted by Gasteiger charge is -2.34. The molecule has 5 heteroatoms. The monoisotopic (exact) mass is 256 g/mol. The fraction of sp³-hybridized carbons (Fsp3) is 0.846. The van der Waals surface area contributed by atoms with E-state index in [0.717, 1.165) is 19.4 Å². The van der Waals surface area contributed by atoms with Gasteiger partial charge >= 0.3 is 5.97 Å². The number of esters is 1. The number of rotatable bonds is 4. The van der Waals surface area contributed by atoms with Gasteiger partial charge in [0.05, 0.1) is 12.5 Å². The number of nitrogens with one attached hydrogen (secondary N) is 2. The van der Waals surface area contributed by atoms with Gasteiger partial charge in [-0.3, -0.25) is 4.79 Å². The topological polar surface area (TPSA) is 67.4 Å². The van der Waals surface area contributed by atoms with Gasteiger partial charge in [0.1, 0.15) is 6.04 Å². The first kappa shape index (κ1) is 15.0. The maximum atomic E-state index is 12.3. The van der Waals surface area contributed by atoms with Gasteiger partial charge in [0.25, 0.3) is 0 Å². The fourth-order valence-corrected chi connectivity index (χ4v) is 2.19. The smallest absolute Gasteiger partial charge is 0.328 e. The number of carbonyl (C=O) groups excluding carboxylic acids is 2. The van der Waals surface area contributed by atoms with Crippen molar-refractivity contribution in [1.82, 2.24) is 10.6 Å². The van der Waals surface area contributed by atoms with Crippen molar-refractivity contribution >= 4 is 11.9 Å². The molecule has 0 aromatic heterocycles. The van der Waals surface area contributed by atoms with Gasteiger partial charge in [-0.15, -0.1) is 0 Å². The summed E-state index contributed by atoms with van der Waals surface area (Å²) in [4.78, 5) is 23.9. The molecular formula is C13H24N2O3. The van der Waals surface area contributed by atoms with Crippen LogP contribution in [0.15, 0.2) is 0 Å². The molecule has 104 valence electrons. The molecule has 0 aromatic carbocycles. The summed E-state index contributed by atoms with van der Waals surface area (Å²) in [5, 5.41) is 6.05. The summed E-state index contributed by atoms with van der Waals surface area (Å²) in [5.74, 6) is -0.439. The molecule has 0 radical (unpaired) electrons. The Balaban J connectivity index is 2.68. The molecular weight excluding hydrogens is 232 g/mol. The largest absolute Gasteiger partial charge is 0.467 e. The van der Waals surface area contributed by atoms with E-state index in [1.807, 2.05) is 20.8 Å². The van der Waals surface area contributed by atoms with Gasteiger partial charge in [-0.25, -0.2) is 4.79 Å². The third-order valence-electron chi connectivity index (χ3n) is 3.55. The molecule has 2 N–H and O–H groups in total. The summed E-state index contributed by atoms with van der Waals surface area (Å²) < 4.78 is 4.73. The number of methoxy groups -OCH3 is 1. The van der Waals surface area contributed by atoms with Crippen LogP contribution in [0.25, 0.3) is 0 Å². The first-order valence-corrected chi connectivity index (χ1v) is 6.50. The molecule has 0 aliphatic carbocycles. The standard InChI is InChI=1S/C13H24N2O3/c1-9(2)10(11(16)18-4)15-12(17)13(3)6-5-7-14-8-13/h9-10,14H,5-8H2,1-4H3,(H,15,17)/t10-,13?/m0/s1. The van der Waals surface area contributed by atoms with E-state index in [9.17, 15) is 9.59 Å². The van der Waals surface area contributed by atoms with Gasteiger partial charge in [0, 0.05) is 6.54 Å². The van der Waals surface area contributed by atoms with E-state index in [4.69, 9.17) is 4.74 Å². The van der Waals surface area contributed by atoms with Gasteiger partial charge in [-0.2, -0.15) is 0 Å². The Morgan fingerprint density at radius 1 is 1.39 bits per heavy atom. The van der Waals surface area contributed by atoms with E-state index in [1.165, 1.54) is 7.11 Å². The van der Waals surface area contributed by atoms with Gasteiger partial charge in [-0.1, -0.05) is 13.8 Å². The maximum Gasteiger partial charge on any atom is 0.328 e. The minimum atomic E-state index is -0.568. The van der Waals surface area contributed by atoms with Crippen LogP contribution in [-0.4, -0.2) is 38.1 Å². The van der Waals surface area contributed by atoms with Gasteiger partial charge in [-0.05, 0) is 32.2 Å². The summed E-state index contributed by atoms with van der Waals surface area (Å²) >= 11 is 0. The molecule has 5 nitrogen and oxygen atoms in total. The Bertz CT molecular complexity index is 309. The summed E-state index contributed by atoms with van der Waals surface area (Å²) in [6.45, 7) is 7.33. The predicted molar refractivity (Wildman–Crippen MR) is 69.0 cm³/mol. The van der Waals surface area contributed by atoms with Crippen molar-refractivity contribution in [3.8, 4) is 0 Å². The predicted octanol–water partition coefficient (Wildman–Crippen LogP) is 0.690. The highest BCUT2D eigenvalue weighted by Crippen LogP contribution is 2.26. The quantitative estimate of drug-likeness (QED) is 0.726. The molecule has 2 atom stereocenters. The average molecular weight is 256 g/mol. The molecule has 1 heterocycles. The van der Waals surface area contributed by atoms with E-state index in [0.29, 0.717) is 6.54 Å². The Labute approximate surface area is 109 Å². The van der Waals surface area contributed by atoms with Crippen LogP contribution < -0.4 is 10.6 Å². The number of piperidine rings is 1. The van der Waals surface area contributed by atoms with Gasteiger partial charge in [0.15, 0.2) is 0 Å². The lowest BCUT2D eigenvalue weighted by molar-refractivity contribution is -0.148. The highest BCUT2D eigenvalue weighted by Gasteiger charge is 2.37. The molecule has 1 aliphatic rings. The number of ether oxygens (including phenoxy) is 1. The lowest BCUT2D eigenvalue weighted by Crippen LogP contribution is -2.54. The van der Waals surface area contributed by atoms with Crippen molar-refractivity contribution in [2.75, 3.05) is 20.2 Å². The molecule has 1 rings (SSSR count). The van der Waals surface area contributed by atoms with Crippen LogP contribution in [0.3, 0.4) is 0 Å². The number of hydrogen-bond acceptors (Lipinski definition) is 4. The second-order valence-electron chi connectivity index (χ2n) is 5.56. The second kappa shape index (κ2) is 6.18. The molecule has 0 bridgehead atoms. The van der Waals surface area contributed by atoms with E-state index in [1.54, 1.807) is 0 Å². The van der Waals surface area contributed by atoms with Crippen molar-refractivity contribution in [2.45, 2.75) is 39.7 Å². The van der Waals surface area contributed by atoms with Crippen LogP contribution in [0.2, 0.25) is 0 Å². The Morgan fingerprint density at radius 3 is 2.50 bits per heavy atom. The third kappa shape index (κ3) is 3.45. The Morgan fingerprint density at radius 2 is 2.06 bits per heavy atom. The van der Waals surface area contributed by atoms with Crippen molar-refractivity contribution in [2.24, 2.45) is 11.3 Å². The van der Waals surface area contributed by atoms with Crippen molar-refractivity contribution in [1.29, 1.82) is 0 Å². The second-order valence-corrected chi connectivity index (χ2v) is 5.56. The minimum Gasteiger partial charge on any atom is -0.467 e. The normalized spacial score (nSPS) is 25.6.